The van der Waals surface area contributed by atoms with Crippen molar-refractivity contribution < 1.29 is 19.1 Å². The van der Waals surface area contributed by atoms with Crippen LogP contribution in [0.5, 0.6) is 0 Å². The lowest BCUT2D eigenvalue weighted by atomic mass is 9.44. The maximum Gasteiger partial charge on any atom is 0.311 e. The first kappa shape index (κ1) is 11.4. The largest absolute Gasteiger partial charge is 0.481 e. The van der Waals surface area contributed by atoms with Crippen LogP contribution in [-0.4, -0.2) is 29.7 Å². The number of alkyl halides is 1. The molecular weight excluding hydrogens is 213 g/mol. The Morgan fingerprint density at radius 2 is 2.00 bits per heavy atom. The van der Waals surface area contributed by atoms with E-state index in [1.165, 1.54) is 6.92 Å². The number of halogens is 1. The van der Waals surface area contributed by atoms with E-state index in [-0.39, 0.29) is 17.9 Å². The molecule has 2 aliphatic carbocycles. The van der Waals surface area contributed by atoms with Gasteiger partial charge in [-0.2, -0.15) is 0 Å². The minimum atomic E-state index is -0.880. The van der Waals surface area contributed by atoms with Crippen LogP contribution in [0.2, 0.25) is 0 Å². The van der Waals surface area contributed by atoms with Crippen LogP contribution >= 0.6 is 0 Å². The van der Waals surface area contributed by atoms with E-state index in [1.54, 1.807) is 0 Å². The van der Waals surface area contributed by atoms with Crippen molar-refractivity contribution in [1.29, 1.82) is 0 Å². The number of amides is 1. The second-order valence-electron chi connectivity index (χ2n) is 5.35. The van der Waals surface area contributed by atoms with Gasteiger partial charge in [0.15, 0.2) is 0 Å². The summed E-state index contributed by atoms with van der Waals surface area (Å²) in [5, 5.41) is 11.7. The van der Waals surface area contributed by atoms with E-state index in [9.17, 15) is 14.0 Å². The summed E-state index contributed by atoms with van der Waals surface area (Å²) in [4.78, 5) is 22.0. The summed E-state index contributed by atoms with van der Waals surface area (Å²) in [5.74, 6) is -1.10. The normalized spacial score (nSPS) is 41.0. The van der Waals surface area contributed by atoms with Gasteiger partial charge >= 0.3 is 5.97 Å². The molecule has 0 aliphatic heterocycles. The predicted octanol–water partition coefficient (Wildman–Crippen LogP) is 1.11. The maximum absolute atomic E-state index is 12.8. The second kappa shape index (κ2) is 3.43. The molecule has 2 saturated carbocycles. The lowest BCUT2D eigenvalue weighted by molar-refractivity contribution is -0.181. The number of hydrogen-bond acceptors (Lipinski definition) is 2. The molecule has 1 spiro atoms. The van der Waals surface area contributed by atoms with Crippen LogP contribution in [0.4, 0.5) is 4.39 Å². The van der Waals surface area contributed by atoms with Gasteiger partial charge in [-0.25, -0.2) is 4.39 Å². The molecule has 0 aromatic rings. The highest BCUT2D eigenvalue weighted by molar-refractivity contribution is 5.79. The van der Waals surface area contributed by atoms with Crippen LogP contribution in [-0.2, 0) is 9.59 Å². The molecule has 5 heteroatoms. The van der Waals surface area contributed by atoms with Gasteiger partial charge in [-0.3, -0.25) is 9.59 Å². The van der Waals surface area contributed by atoms with Gasteiger partial charge < -0.3 is 10.4 Å². The summed E-state index contributed by atoms with van der Waals surface area (Å²) >= 11 is 0. The Kier molecular flexibility index (Phi) is 2.44. The number of carboxylic acids is 1. The molecule has 2 rings (SSSR count). The third-order valence-corrected chi connectivity index (χ3v) is 3.87. The average molecular weight is 229 g/mol. The molecule has 2 aliphatic rings. The van der Waals surface area contributed by atoms with Gasteiger partial charge in [0.05, 0.1) is 5.41 Å². The molecule has 2 N–H and O–H groups in total. The minimum absolute atomic E-state index is 0.0870. The number of carbonyl (C=O) groups excluding carboxylic acids is 1. The zero-order valence-corrected chi connectivity index (χ0v) is 9.25. The number of carbonyl (C=O) groups is 2. The first-order valence-corrected chi connectivity index (χ1v) is 5.49. The molecule has 16 heavy (non-hydrogen) atoms. The first-order chi connectivity index (χ1) is 7.38. The Labute approximate surface area is 93.2 Å². The Morgan fingerprint density at radius 3 is 2.38 bits per heavy atom. The van der Waals surface area contributed by atoms with Crippen molar-refractivity contribution in [2.24, 2.45) is 10.8 Å². The SMILES string of the molecule is CC(=O)NCC1(C(=O)O)CC2(CC(F)C2)C1. The number of rotatable bonds is 3. The highest BCUT2D eigenvalue weighted by Gasteiger charge is 2.63. The fourth-order valence-corrected chi connectivity index (χ4v) is 3.20. The van der Waals surface area contributed by atoms with Gasteiger partial charge in [-0.1, -0.05) is 0 Å². The van der Waals surface area contributed by atoms with Crippen LogP contribution in [0.3, 0.4) is 0 Å². The van der Waals surface area contributed by atoms with Gasteiger partial charge in [0, 0.05) is 13.5 Å². The third kappa shape index (κ3) is 1.68. The quantitative estimate of drug-likeness (QED) is 0.761. The Hall–Kier alpha value is -1.13. The number of hydrogen-bond donors (Lipinski definition) is 2. The van der Waals surface area contributed by atoms with E-state index in [2.05, 4.69) is 5.32 Å². The van der Waals surface area contributed by atoms with E-state index in [1.807, 2.05) is 0 Å². The van der Waals surface area contributed by atoms with Gasteiger partial charge in [0.1, 0.15) is 6.17 Å². The maximum atomic E-state index is 12.8. The van der Waals surface area contributed by atoms with Gasteiger partial charge in [-0.15, -0.1) is 0 Å². The van der Waals surface area contributed by atoms with Gasteiger partial charge in [0.2, 0.25) is 5.91 Å². The van der Waals surface area contributed by atoms with Crippen molar-refractivity contribution in [2.75, 3.05) is 6.54 Å². The van der Waals surface area contributed by atoms with E-state index in [4.69, 9.17) is 5.11 Å². The fourth-order valence-electron chi connectivity index (χ4n) is 3.20. The molecule has 1 amide bonds. The van der Waals surface area contributed by atoms with Gasteiger partial charge in [-0.05, 0) is 31.1 Å². The molecule has 90 valence electrons. The second-order valence-corrected chi connectivity index (χ2v) is 5.35. The zero-order valence-electron chi connectivity index (χ0n) is 9.25. The van der Waals surface area contributed by atoms with Crippen LogP contribution < -0.4 is 5.32 Å². The summed E-state index contributed by atoms with van der Waals surface area (Å²) in [7, 11) is 0. The smallest absolute Gasteiger partial charge is 0.311 e. The standard InChI is InChI=1S/C11H16FNO3/c1-7(14)13-6-11(9(15)16)4-10(5-11)2-8(12)3-10/h8H,2-6H2,1H3,(H,13,14)(H,15,16). The average Bonchev–Trinajstić information content (AvgIpc) is 2.05. The van der Waals surface area contributed by atoms with Crippen molar-refractivity contribution in [3.63, 3.8) is 0 Å². The number of aliphatic carboxylic acids is 1. The van der Waals surface area contributed by atoms with Crippen molar-refractivity contribution in [3.05, 3.63) is 0 Å². The molecule has 0 aromatic heterocycles. The summed E-state index contributed by atoms with van der Waals surface area (Å²) < 4.78 is 12.8. The lowest BCUT2D eigenvalue weighted by Gasteiger charge is -2.60. The summed E-state index contributed by atoms with van der Waals surface area (Å²) in [6, 6.07) is 0. The van der Waals surface area contributed by atoms with Crippen LogP contribution in [0.25, 0.3) is 0 Å². The zero-order chi connectivity index (χ0) is 12.0. The molecule has 2 fully saturated rings. The molecule has 0 bridgehead atoms. The molecule has 0 atom stereocenters. The number of carboxylic acid groups (broad SMARTS) is 1. The highest BCUT2D eigenvalue weighted by atomic mass is 19.1. The minimum Gasteiger partial charge on any atom is -0.481 e. The molecular formula is C11H16FNO3. The predicted molar refractivity (Wildman–Crippen MR) is 54.5 cm³/mol. The van der Waals surface area contributed by atoms with E-state index < -0.39 is 17.6 Å². The van der Waals surface area contributed by atoms with Crippen molar-refractivity contribution in [2.45, 2.75) is 38.8 Å². The summed E-state index contributed by atoms with van der Waals surface area (Å²) in [6.07, 6.45) is 1.21. The molecule has 0 aromatic carbocycles. The Balaban J connectivity index is 1.94. The fraction of sp³-hybridized carbons (Fsp3) is 0.818. The highest BCUT2D eigenvalue weighted by Crippen LogP contribution is 2.64. The Morgan fingerprint density at radius 1 is 1.44 bits per heavy atom. The van der Waals surface area contributed by atoms with Crippen LogP contribution in [0, 0.1) is 10.8 Å². The molecule has 4 nitrogen and oxygen atoms in total. The Bertz CT molecular complexity index is 328. The van der Waals surface area contributed by atoms with Gasteiger partial charge in [0.25, 0.3) is 0 Å². The molecule has 0 saturated heterocycles. The molecule has 0 radical (unpaired) electrons. The monoisotopic (exact) mass is 229 g/mol. The first-order valence-electron chi connectivity index (χ1n) is 5.49. The van der Waals surface area contributed by atoms with Crippen molar-refractivity contribution in [1.82, 2.24) is 5.32 Å². The summed E-state index contributed by atoms with van der Waals surface area (Å²) in [6.45, 7) is 1.53. The van der Waals surface area contributed by atoms with E-state index in [0.717, 1.165) is 0 Å². The van der Waals surface area contributed by atoms with Crippen LogP contribution in [0.15, 0.2) is 0 Å². The van der Waals surface area contributed by atoms with E-state index >= 15 is 0 Å². The molecule has 0 heterocycles. The van der Waals surface area contributed by atoms with Crippen molar-refractivity contribution >= 4 is 11.9 Å². The van der Waals surface area contributed by atoms with E-state index in [0.29, 0.717) is 25.7 Å². The van der Waals surface area contributed by atoms with Crippen molar-refractivity contribution in [3.8, 4) is 0 Å². The molecule has 0 unspecified atom stereocenters. The summed E-state index contributed by atoms with van der Waals surface area (Å²) in [5.41, 5.74) is -0.942. The number of nitrogens with one attached hydrogen (secondary N) is 1. The lowest BCUT2D eigenvalue weighted by Crippen LogP contribution is -2.61. The third-order valence-electron chi connectivity index (χ3n) is 3.87. The van der Waals surface area contributed by atoms with Crippen LogP contribution in [0.1, 0.15) is 32.6 Å². The topological polar surface area (TPSA) is 66.4 Å².